The molecule has 0 bridgehead atoms. The summed E-state index contributed by atoms with van der Waals surface area (Å²) in [5, 5.41) is 8.10. The zero-order valence-electron chi connectivity index (χ0n) is 17.3. The molecule has 4 heterocycles. The number of nitrogens with zero attached hydrogens (tertiary/aromatic N) is 4. The Bertz CT molecular complexity index is 1230. The quantitative estimate of drug-likeness (QED) is 0.528. The summed E-state index contributed by atoms with van der Waals surface area (Å²) < 4.78 is 19.6. The minimum absolute atomic E-state index is 0.242. The van der Waals surface area contributed by atoms with Crippen molar-refractivity contribution in [2.24, 2.45) is 0 Å². The van der Waals surface area contributed by atoms with Crippen molar-refractivity contribution >= 4 is 27.6 Å². The van der Waals surface area contributed by atoms with Crippen molar-refractivity contribution in [3.63, 3.8) is 0 Å². The molecule has 2 aromatic carbocycles. The molecule has 2 aliphatic rings. The molecule has 1 atom stereocenters. The zero-order chi connectivity index (χ0) is 20.8. The van der Waals surface area contributed by atoms with Crippen LogP contribution >= 0.6 is 0 Å². The van der Waals surface area contributed by atoms with Crippen LogP contribution in [0.25, 0.3) is 33.5 Å². The first kappa shape index (κ1) is 18.8. The normalized spacial score (nSPS) is 20.3. The van der Waals surface area contributed by atoms with E-state index in [4.69, 9.17) is 9.72 Å². The molecule has 6 rings (SSSR count). The van der Waals surface area contributed by atoms with Crippen LogP contribution in [-0.4, -0.2) is 70.5 Å². The summed E-state index contributed by atoms with van der Waals surface area (Å²) in [5.41, 5.74) is 4.39. The topological polar surface area (TPSA) is 73.1 Å². The second-order valence-corrected chi connectivity index (χ2v) is 8.50. The predicted molar refractivity (Wildman–Crippen MR) is 119 cm³/mol. The summed E-state index contributed by atoms with van der Waals surface area (Å²) in [6, 6.07) is 11.0. The highest BCUT2D eigenvalue weighted by Crippen LogP contribution is 2.29. The summed E-state index contributed by atoms with van der Waals surface area (Å²) in [6.45, 7) is 6.10. The SMILES string of the molecule is Fc1ccc2c(-c3nc4ccc(N5CCCOC(CN6CCC6)C5)cc4[nH]3)n[nH]c2c1. The molecular weight excluding hydrogens is 395 g/mol. The maximum atomic E-state index is 13.5. The van der Waals surface area contributed by atoms with Gasteiger partial charge in [-0.25, -0.2) is 9.37 Å². The van der Waals surface area contributed by atoms with Gasteiger partial charge in [-0.15, -0.1) is 0 Å². The number of likely N-dealkylation sites (tertiary alicyclic amines) is 1. The third-order valence-electron chi connectivity index (χ3n) is 6.34. The van der Waals surface area contributed by atoms with E-state index in [2.05, 4.69) is 43.2 Å². The molecule has 2 aromatic heterocycles. The first-order valence-electron chi connectivity index (χ1n) is 11.0. The van der Waals surface area contributed by atoms with Crippen molar-refractivity contribution in [2.45, 2.75) is 18.9 Å². The van der Waals surface area contributed by atoms with Crippen LogP contribution in [0.1, 0.15) is 12.8 Å². The molecule has 2 N–H and O–H groups in total. The third-order valence-corrected chi connectivity index (χ3v) is 6.34. The van der Waals surface area contributed by atoms with Gasteiger partial charge in [-0.2, -0.15) is 5.10 Å². The lowest BCUT2D eigenvalue weighted by Gasteiger charge is -2.35. The van der Waals surface area contributed by atoms with Crippen LogP contribution in [0, 0.1) is 5.82 Å². The van der Waals surface area contributed by atoms with E-state index < -0.39 is 0 Å². The largest absolute Gasteiger partial charge is 0.375 e. The highest BCUT2D eigenvalue weighted by atomic mass is 19.1. The van der Waals surface area contributed by atoms with E-state index in [1.54, 1.807) is 6.07 Å². The fourth-order valence-corrected chi connectivity index (χ4v) is 4.57. The Balaban J connectivity index is 1.29. The van der Waals surface area contributed by atoms with Crippen LogP contribution in [0.15, 0.2) is 36.4 Å². The zero-order valence-corrected chi connectivity index (χ0v) is 17.3. The second kappa shape index (κ2) is 7.62. The molecule has 31 heavy (non-hydrogen) atoms. The number of hydrogen-bond acceptors (Lipinski definition) is 5. The molecule has 7 nitrogen and oxygen atoms in total. The van der Waals surface area contributed by atoms with Crippen LogP contribution in [-0.2, 0) is 4.74 Å². The highest BCUT2D eigenvalue weighted by Gasteiger charge is 2.24. The van der Waals surface area contributed by atoms with Crippen molar-refractivity contribution in [1.82, 2.24) is 25.1 Å². The van der Waals surface area contributed by atoms with Gasteiger partial charge in [-0.05, 0) is 62.3 Å². The first-order valence-corrected chi connectivity index (χ1v) is 11.0. The minimum Gasteiger partial charge on any atom is -0.375 e. The fraction of sp³-hybridized carbons (Fsp3) is 0.391. The van der Waals surface area contributed by atoms with Crippen molar-refractivity contribution in [3.8, 4) is 11.5 Å². The second-order valence-electron chi connectivity index (χ2n) is 8.50. The van der Waals surface area contributed by atoms with Crippen LogP contribution in [0.4, 0.5) is 10.1 Å². The molecule has 2 fully saturated rings. The van der Waals surface area contributed by atoms with Gasteiger partial charge in [0, 0.05) is 37.3 Å². The summed E-state index contributed by atoms with van der Waals surface area (Å²) in [6.07, 6.45) is 2.57. The number of benzene rings is 2. The average Bonchev–Trinajstić information content (AvgIpc) is 3.27. The molecule has 0 aliphatic carbocycles. The smallest absolute Gasteiger partial charge is 0.159 e. The summed E-state index contributed by atoms with van der Waals surface area (Å²) in [4.78, 5) is 13.0. The van der Waals surface area contributed by atoms with E-state index >= 15 is 0 Å². The van der Waals surface area contributed by atoms with E-state index in [-0.39, 0.29) is 11.9 Å². The summed E-state index contributed by atoms with van der Waals surface area (Å²) in [7, 11) is 0. The van der Waals surface area contributed by atoms with Gasteiger partial charge in [0.05, 0.1) is 22.7 Å². The number of hydrogen-bond donors (Lipinski definition) is 2. The molecule has 0 spiro atoms. The molecule has 4 aromatic rings. The van der Waals surface area contributed by atoms with Crippen LogP contribution in [0.5, 0.6) is 0 Å². The van der Waals surface area contributed by atoms with E-state index in [9.17, 15) is 4.39 Å². The molecule has 0 radical (unpaired) electrons. The number of fused-ring (bicyclic) bond motifs is 2. The number of H-pyrrole nitrogens is 2. The number of aromatic amines is 2. The molecule has 2 aliphatic heterocycles. The van der Waals surface area contributed by atoms with Crippen LogP contribution in [0.3, 0.4) is 0 Å². The maximum Gasteiger partial charge on any atom is 0.159 e. The minimum atomic E-state index is -0.286. The fourth-order valence-electron chi connectivity index (χ4n) is 4.57. The van der Waals surface area contributed by atoms with Gasteiger partial charge in [0.2, 0.25) is 0 Å². The Morgan fingerprint density at radius 3 is 2.87 bits per heavy atom. The molecular formula is C23H25FN6O. The van der Waals surface area contributed by atoms with E-state index in [1.165, 1.54) is 37.3 Å². The van der Waals surface area contributed by atoms with Crippen molar-refractivity contribution < 1.29 is 9.13 Å². The average molecular weight is 420 g/mol. The lowest BCUT2D eigenvalue weighted by atomic mass is 10.2. The lowest BCUT2D eigenvalue weighted by Crippen LogP contribution is -2.46. The number of anilines is 1. The number of ether oxygens (including phenoxy) is 1. The van der Waals surface area contributed by atoms with Crippen molar-refractivity contribution in [2.75, 3.05) is 44.2 Å². The Morgan fingerprint density at radius 2 is 2.00 bits per heavy atom. The molecule has 0 saturated carbocycles. The highest BCUT2D eigenvalue weighted by molar-refractivity contribution is 5.93. The van der Waals surface area contributed by atoms with Gasteiger partial charge in [0.25, 0.3) is 0 Å². The third kappa shape index (κ3) is 3.55. The van der Waals surface area contributed by atoms with Gasteiger partial charge >= 0.3 is 0 Å². The van der Waals surface area contributed by atoms with E-state index in [0.717, 1.165) is 49.1 Å². The van der Waals surface area contributed by atoms with Crippen molar-refractivity contribution in [3.05, 3.63) is 42.2 Å². The number of aromatic nitrogens is 4. The monoisotopic (exact) mass is 420 g/mol. The number of imidazole rings is 1. The van der Waals surface area contributed by atoms with Crippen molar-refractivity contribution in [1.29, 1.82) is 0 Å². The maximum absolute atomic E-state index is 13.5. The molecule has 160 valence electrons. The number of rotatable bonds is 4. The predicted octanol–water partition coefficient (Wildman–Crippen LogP) is 3.55. The molecule has 8 heteroatoms. The Kier molecular flexibility index (Phi) is 4.61. The lowest BCUT2D eigenvalue weighted by molar-refractivity contribution is 0.0237. The molecule has 0 amide bonds. The van der Waals surface area contributed by atoms with E-state index in [0.29, 0.717) is 17.0 Å². The Morgan fingerprint density at radius 1 is 1.06 bits per heavy atom. The van der Waals surface area contributed by atoms with Crippen LogP contribution in [0.2, 0.25) is 0 Å². The Labute approximate surface area is 179 Å². The standard InChI is InChI=1S/C23H25FN6O/c24-15-3-5-18-20(11-15)27-28-22(18)23-25-19-6-4-16(12-21(19)26-23)30-9-2-10-31-17(14-30)13-29-7-1-8-29/h3-6,11-12,17H,1-2,7-10,13-14H2,(H,25,26)(H,27,28). The van der Waals surface area contributed by atoms with Gasteiger partial charge in [0.15, 0.2) is 5.82 Å². The van der Waals surface area contributed by atoms with Gasteiger partial charge in [-0.3, -0.25) is 5.10 Å². The van der Waals surface area contributed by atoms with Gasteiger partial charge < -0.3 is 19.5 Å². The Hall–Kier alpha value is -2.97. The van der Waals surface area contributed by atoms with Gasteiger partial charge in [0.1, 0.15) is 11.5 Å². The number of nitrogens with one attached hydrogen (secondary N) is 2. The summed E-state index contributed by atoms with van der Waals surface area (Å²) >= 11 is 0. The van der Waals surface area contributed by atoms with Crippen LogP contribution < -0.4 is 4.90 Å². The molecule has 2 saturated heterocycles. The number of halogens is 1. The van der Waals surface area contributed by atoms with Gasteiger partial charge in [-0.1, -0.05) is 0 Å². The summed E-state index contributed by atoms with van der Waals surface area (Å²) in [5.74, 6) is 0.394. The first-order chi connectivity index (χ1) is 15.2. The van der Waals surface area contributed by atoms with E-state index in [1.807, 2.05) is 0 Å². The molecule has 1 unspecified atom stereocenters.